The maximum atomic E-state index is 12.5. The third kappa shape index (κ3) is 4.86. The van der Waals surface area contributed by atoms with Gasteiger partial charge in [-0.15, -0.1) is 11.8 Å². The first-order valence-electron chi connectivity index (χ1n) is 9.09. The summed E-state index contributed by atoms with van der Waals surface area (Å²) in [6, 6.07) is 9.28. The summed E-state index contributed by atoms with van der Waals surface area (Å²) < 4.78 is 0. The van der Waals surface area contributed by atoms with Crippen LogP contribution in [0.3, 0.4) is 0 Å². The van der Waals surface area contributed by atoms with Crippen molar-refractivity contribution in [1.82, 2.24) is 15.1 Å². The maximum absolute atomic E-state index is 12.5. The van der Waals surface area contributed by atoms with Crippen LogP contribution in [-0.4, -0.2) is 77.7 Å². The van der Waals surface area contributed by atoms with Crippen molar-refractivity contribution in [3.05, 3.63) is 35.9 Å². The van der Waals surface area contributed by atoms with Gasteiger partial charge >= 0.3 is 0 Å². The van der Waals surface area contributed by atoms with E-state index in [1.807, 2.05) is 28.0 Å². The predicted molar refractivity (Wildman–Crippen MR) is 102 cm³/mol. The zero-order valence-electron chi connectivity index (χ0n) is 14.9. The van der Waals surface area contributed by atoms with Crippen LogP contribution in [0.25, 0.3) is 0 Å². The van der Waals surface area contributed by atoms with Gasteiger partial charge in [0.1, 0.15) is 0 Å². The fourth-order valence-electron chi connectivity index (χ4n) is 3.47. The second-order valence-electron chi connectivity index (χ2n) is 6.68. The predicted octanol–water partition coefficient (Wildman–Crippen LogP) is 1.03. The summed E-state index contributed by atoms with van der Waals surface area (Å²) in [5.41, 5.74) is 0.683. The third-order valence-electron chi connectivity index (χ3n) is 4.87. The first kappa shape index (κ1) is 18.9. The molecule has 0 spiro atoms. The fourth-order valence-corrected chi connectivity index (χ4v) is 4.28. The van der Waals surface area contributed by atoms with Gasteiger partial charge in [-0.25, -0.2) is 0 Å². The average Bonchev–Trinajstić information content (AvgIpc) is 2.69. The van der Waals surface area contributed by atoms with Crippen molar-refractivity contribution in [1.29, 1.82) is 0 Å². The number of rotatable bonds is 6. The lowest BCUT2D eigenvalue weighted by Crippen LogP contribution is -2.57. The van der Waals surface area contributed by atoms with Crippen LogP contribution in [-0.2, 0) is 9.59 Å². The van der Waals surface area contributed by atoms with Crippen molar-refractivity contribution < 1.29 is 14.4 Å². The van der Waals surface area contributed by atoms with E-state index in [1.165, 1.54) is 11.8 Å². The Hall–Kier alpha value is -1.86. The zero-order valence-corrected chi connectivity index (χ0v) is 15.7. The number of nitrogens with one attached hydrogen (secondary N) is 1. The number of likely N-dealkylation sites (tertiary alicyclic amines) is 1. The normalized spacial score (nSPS) is 20.9. The van der Waals surface area contributed by atoms with E-state index in [0.29, 0.717) is 36.7 Å². The number of carbonyl (C=O) groups is 3. The van der Waals surface area contributed by atoms with E-state index >= 15 is 0 Å². The molecule has 3 rings (SSSR count). The number of nitrogens with zero attached hydrogens (tertiary/aromatic N) is 2. The number of piperidine rings is 1. The lowest BCUT2D eigenvalue weighted by molar-refractivity contribution is -0.139. The zero-order chi connectivity index (χ0) is 18.4. The molecule has 0 radical (unpaired) electrons. The van der Waals surface area contributed by atoms with Gasteiger partial charge in [0.05, 0.1) is 18.1 Å². The van der Waals surface area contributed by atoms with Crippen LogP contribution in [0.15, 0.2) is 30.3 Å². The van der Waals surface area contributed by atoms with Crippen LogP contribution in [0.1, 0.15) is 23.2 Å². The molecule has 0 bridgehead atoms. The summed E-state index contributed by atoms with van der Waals surface area (Å²) in [6.07, 6.45) is 1.87. The second kappa shape index (κ2) is 9.19. The molecule has 2 aliphatic rings. The number of benzene rings is 1. The summed E-state index contributed by atoms with van der Waals surface area (Å²) in [5.74, 6) is 0.845. The molecule has 0 aromatic heterocycles. The Bertz CT molecular complexity index is 653. The molecule has 2 amide bonds. The van der Waals surface area contributed by atoms with Gasteiger partial charge in [-0.05, 0) is 12.8 Å². The molecule has 140 valence electrons. The molecule has 6 nitrogen and oxygen atoms in total. The van der Waals surface area contributed by atoms with Gasteiger partial charge < -0.3 is 15.1 Å². The molecule has 2 fully saturated rings. The third-order valence-corrected chi connectivity index (χ3v) is 5.79. The highest BCUT2D eigenvalue weighted by Gasteiger charge is 2.31. The minimum absolute atomic E-state index is 0.0475. The van der Waals surface area contributed by atoms with E-state index in [4.69, 9.17) is 0 Å². The largest absolute Gasteiger partial charge is 0.340 e. The Morgan fingerprint density at radius 2 is 1.96 bits per heavy atom. The van der Waals surface area contributed by atoms with E-state index in [1.54, 1.807) is 12.1 Å². The topological polar surface area (TPSA) is 69.7 Å². The highest BCUT2D eigenvalue weighted by atomic mass is 32.2. The van der Waals surface area contributed by atoms with Crippen molar-refractivity contribution in [2.24, 2.45) is 0 Å². The minimum atomic E-state index is 0.0475. The van der Waals surface area contributed by atoms with Crippen LogP contribution < -0.4 is 5.32 Å². The number of amides is 2. The Kier molecular flexibility index (Phi) is 6.68. The Balaban J connectivity index is 1.45. The molecule has 2 aliphatic heterocycles. The average molecular weight is 375 g/mol. The summed E-state index contributed by atoms with van der Waals surface area (Å²) in [6.45, 7) is 3.27. The highest BCUT2D eigenvalue weighted by molar-refractivity contribution is 8.00. The van der Waals surface area contributed by atoms with Crippen molar-refractivity contribution in [2.75, 3.05) is 44.2 Å². The summed E-state index contributed by atoms with van der Waals surface area (Å²) in [5, 5.41) is 3.08. The van der Waals surface area contributed by atoms with E-state index in [9.17, 15) is 14.4 Å². The highest BCUT2D eigenvalue weighted by Crippen LogP contribution is 2.18. The Morgan fingerprint density at radius 1 is 1.15 bits per heavy atom. The number of Topliss-reactive ketones (excluding diaryl/α,β-unsaturated/α-hetero) is 1. The summed E-state index contributed by atoms with van der Waals surface area (Å²) >= 11 is 1.36. The molecule has 1 unspecified atom stereocenters. The van der Waals surface area contributed by atoms with Gasteiger partial charge in [0.2, 0.25) is 11.8 Å². The first-order valence-corrected chi connectivity index (χ1v) is 10.2. The van der Waals surface area contributed by atoms with Crippen molar-refractivity contribution in [3.63, 3.8) is 0 Å². The Morgan fingerprint density at radius 3 is 2.73 bits per heavy atom. The second-order valence-corrected chi connectivity index (χ2v) is 7.67. The molecule has 0 aliphatic carbocycles. The van der Waals surface area contributed by atoms with Crippen LogP contribution in [0.4, 0.5) is 0 Å². The minimum Gasteiger partial charge on any atom is -0.340 e. The molecular weight excluding hydrogens is 350 g/mol. The van der Waals surface area contributed by atoms with Crippen LogP contribution >= 0.6 is 11.8 Å². The number of piperazine rings is 1. The smallest absolute Gasteiger partial charge is 0.236 e. The molecule has 1 N–H and O–H groups in total. The van der Waals surface area contributed by atoms with Gasteiger partial charge in [-0.1, -0.05) is 30.3 Å². The first-order chi connectivity index (χ1) is 12.6. The quantitative estimate of drug-likeness (QED) is 0.752. The summed E-state index contributed by atoms with van der Waals surface area (Å²) in [4.78, 5) is 40.4. The molecular formula is C19H25N3O3S. The van der Waals surface area contributed by atoms with E-state index in [-0.39, 0.29) is 23.6 Å². The van der Waals surface area contributed by atoms with Gasteiger partial charge in [0.15, 0.2) is 5.78 Å². The van der Waals surface area contributed by atoms with Crippen LogP contribution in [0.5, 0.6) is 0 Å². The standard InChI is InChI=1S/C19H25N3O3S/c23-17(15-5-2-1-3-6-15)13-26-14-19(25)21-9-4-7-16(12-21)22-10-8-20-11-18(22)24/h1-3,5-6,16,20H,4,7-14H2. The molecule has 2 saturated heterocycles. The monoisotopic (exact) mass is 375 g/mol. The number of thioether (sulfide) groups is 1. The number of carbonyl (C=O) groups excluding carboxylic acids is 3. The van der Waals surface area contributed by atoms with Crippen LogP contribution in [0.2, 0.25) is 0 Å². The fraction of sp³-hybridized carbons (Fsp3) is 0.526. The van der Waals surface area contributed by atoms with Crippen molar-refractivity contribution >= 4 is 29.4 Å². The van der Waals surface area contributed by atoms with Crippen molar-refractivity contribution in [2.45, 2.75) is 18.9 Å². The van der Waals surface area contributed by atoms with E-state index in [0.717, 1.165) is 25.9 Å². The molecule has 1 aromatic rings. The number of hydrogen-bond acceptors (Lipinski definition) is 5. The molecule has 1 atom stereocenters. The Labute approximate surface area is 158 Å². The van der Waals surface area contributed by atoms with Crippen LogP contribution in [0, 0.1) is 0 Å². The van der Waals surface area contributed by atoms with E-state index in [2.05, 4.69) is 5.32 Å². The lowest BCUT2D eigenvalue weighted by Gasteiger charge is -2.41. The number of ketones is 1. The molecule has 2 heterocycles. The van der Waals surface area contributed by atoms with Gasteiger partial charge in [0, 0.05) is 37.8 Å². The van der Waals surface area contributed by atoms with E-state index < -0.39 is 0 Å². The SMILES string of the molecule is O=C(CSCC(=O)N1CCCC(N2CCNCC2=O)C1)c1ccccc1. The van der Waals surface area contributed by atoms with Gasteiger partial charge in [-0.2, -0.15) is 0 Å². The van der Waals surface area contributed by atoms with Gasteiger partial charge in [-0.3, -0.25) is 14.4 Å². The molecule has 0 saturated carbocycles. The number of hydrogen-bond donors (Lipinski definition) is 1. The molecule has 1 aromatic carbocycles. The maximum Gasteiger partial charge on any atom is 0.236 e. The van der Waals surface area contributed by atoms with Crippen molar-refractivity contribution in [3.8, 4) is 0 Å². The molecule has 26 heavy (non-hydrogen) atoms. The lowest BCUT2D eigenvalue weighted by atomic mass is 10.0. The molecule has 7 heteroatoms. The van der Waals surface area contributed by atoms with Gasteiger partial charge in [0.25, 0.3) is 0 Å². The summed E-state index contributed by atoms with van der Waals surface area (Å²) in [7, 11) is 0.